The summed E-state index contributed by atoms with van der Waals surface area (Å²) in [6, 6.07) is 0.224. The van der Waals surface area contributed by atoms with Crippen LogP contribution < -0.4 is 21.2 Å². The first-order valence-electron chi connectivity index (χ1n) is 13.6. The number of rotatable bonds is 12. The Balaban J connectivity index is 1.37. The number of aromatic nitrogens is 2. The molecule has 0 bridgehead atoms. The molecular weight excluding hydrogens is 465 g/mol. The summed E-state index contributed by atoms with van der Waals surface area (Å²) in [4.78, 5) is 31.5. The Morgan fingerprint density at radius 2 is 2.08 bits per heavy atom. The monoisotopic (exact) mass is 507 g/mol. The number of nitrogens with one attached hydrogen (secondary N) is 3. The third-order valence-electron chi connectivity index (χ3n) is 7.48. The van der Waals surface area contributed by atoms with E-state index >= 15 is 4.39 Å². The Bertz CT molecular complexity index is 855. The number of piperazine rings is 1. The molecule has 10 nitrogen and oxygen atoms in total. The molecule has 0 spiro atoms. The molecule has 0 radical (unpaired) electrons. The normalized spacial score (nSPS) is 21.9. The molecule has 36 heavy (non-hydrogen) atoms. The predicted molar refractivity (Wildman–Crippen MR) is 136 cm³/mol. The summed E-state index contributed by atoms with van der Waals surface area (Å²) in [5, 5.41) is 0. The number of unbranched alkanes of at least 4 members (excludes halogenated alkanes) is 1. The van der Waals surface area contributed by atoms with Gasteiger partial charge in [-0.25, -0.2) is 15.4 Å². The molecule has 1 aliphatic carbocycles. The van der Waals surface area contributed by atoms with E-state index in [9.17, 15) is 4.79 Å². The zero-order chi connectivity index (χ0) is 25.3. The minimum Gasteiger partial charge on any atom is -0.378 e. The van der Waals surface area contributed by atoms with Crippen molar-refractivity contribution in [3.63, 3.8) is 0 Å². The average molecular weight is 508 g/mol. The smallest absolute Gasteiger partial charge is 0.242 e. The van der Waals surface area contributed by atoms with Crippen LogP contribution in [0.5, 0.6) is 0 Å². The molecule has 3 aliphatic rings. The fraction of sp³-hybridized carbons (Fsp3) is 0.800. The van der Waals surface area contributed by atoms with Gasteiger partial charge in [-0.2, -0.15) is 4.39 Å². The van der Waals surface area contributed by atoms with Gasteiger partial charge in [0, 0.05) is 32.7 Å². The van der Waals surface area contributed by atoms with E-state index in [1.54, 1.807) is 6.92 Å². The number of hydrazine groups is 1. The van der Waals surface area contributed by atoms with E-state index in [-0.39, 0.29) is 29.5 Å². The molecule has 1 aromatic rings. The lowest BCUT2D eigenvalue weighted by molar-refractivity contribution is -0.126. The van der Waals surface area contributed by atoms with Crippen LogP contribution >= 0.6 is 0 Å². The lowest BCUT2D eigenvalue weighted by atomic mass is 9.93. The summed E-state index contributed by atoms with van der Waals surface area (Å²) in [6.07, 6.45) is 7.52. The van der Waals surface area contributed by atoms with Gasteiger partial charge < -0.3 is 14.5 Å². The van der Waals surface area contributed by atoms with Gasteiger partial charge >= 0.3 is 0 Å². The number of nitrogens with zero attached hydrogens (tertiary/aromatic N) is 4. The average Bonchev–Trinajstić information content (AvgIpc) is 3.41. The van der Waals surface area contributed by atoms with E-state index in [0.717, 1.165) is 51.8 Å². The van der Waals surface area contributed by atoms with Crippen molar-refractivity contribution in [3.05, 3.63) is 11.6 Å². The Morgan fingerprint density at radius 3 is 2.89 bits per heavy atom. The molecule has 0 unspecified atom stereocenters. The highest BCUT2D eigenvalue weighted by Gasteiger charge is 2.32. The van der Waals surface area contributed by atoms with Gasteiger partial charge in [0.25, 0.3) is 0 Å². The third kappa shape index (κ3) is 7.24. The van der Waals surface area contributed by atoms with Crippen molar-refractivity contribution in [3.8, 4) is 0 Å². The molecule has 0 aromatic carbocycles. The van der Waals surface area contributed by atoms with Crippen LogP contribution in [-0.4, -0.2) is 79.4 Å². The molecule has 2 atom stereocenters. The molecule has 3 heterocycles. The number of hydrogen-bond acceptors (Lipinski definition) is 9. The summed E-state index contributed by atoms with van der Waals surface area (Å²) in [6.45, 7) is 9.32. The van der Waals surface area contributed by atoms with Gasteiger partial charge in [0.15, 0.2) is 11.6 Å². The fourth-order valence-corrected chi connectivity index (χ4v) is 5.38. The molecule has 1 saturated carbocycles. The van der Waals surface area contributed by atoms with Crippen molar-refractivity contribution in [1.82, 2.24) is 25.8 Å². The highest BCUT2D eigenvalue weighted by atomic mass is 19.1. The summed E-state index contributed by atoms with van der Waals surface area (Å²) in [7, 11) is 0. The van der Waals surface area contributed by atoms with Gasteiger partial charge in [-0.05, 0) is 25.7 Å². The van der Waals surface area contributed by atoms with Gasteiger partial charge in [0.2, 0.25) is 11.7 Å². The van der Waals surface area contributed by atoms with E-state index < -0.39 is 5.82 Å². The number of ether oxygens (including phenoxy) is 1. The summed E-state index contributed by atoms with van der Waals surface area (Å²) in [5.74, 6) is 0.187. The highest BCUT2D eigenvalue weighted by Crippen LogP contribution is 2.30. The van der Waals surface area contributed by atoms with Gasteiger partial charge in [0.1, 0.15) is 5.82 Å². The Kier molecular flexibility index (Phi) is 10.1. The van der Waals surface area contributed by atoms with Crippen LogP contribution in [0.25, 0.3) is 0 Å². The number of halogens is 1. The lowest BCUT2D eigenvalue weighted by Crippen LogP contribution is -2.58. The van der Waals surface area contributed by atoms with Crippen molar-refractivity contribution in [2.45, 2.75) is 64.8 Å². The van der Waals surface area contributed by atoms with Gasteiger partial charge in [-0.1, -0.05) is 39.0 Å². The Hall–Kier alpha value is -2.08. The maximum Gasteiger partial charge on any atom is 0.242 e. The first-order chi connectivity index (χ1) is 17.5. The predicted octanol–water partition coefficient (Wildman–Crippen LogP) is 2.41. The Labute approximate surface area is 213 Å². The summed E-state index contributed by atoms with van der Waals surface area (Å²) >= 11 is 0. The van der Waals surface area contributed by atoms with E-state index in [1.165, 1.54) is 12.8 Å². The second-order valence-electron chi connectivity index (χ2n) is 10.2. The number of hydroxylamine groups is 1. The zero-order valence-corrected chi connectivity index (χ0v) is 21.7. The quantitative estimate of drug-likeness (QED) is 0.291. The molecule has 3 N–H and O–H groups in total. The number of carbonyl (C=O) groups is 1. The van der Waals surface area contributed by atoms with Crippen molar-refractivity contribution < 1.29 is 18.8 Å². The second-order valence-corrected chi connectivity index (χ2v) is 10.2. The van der Waals surface area contributed by atoms with E-state index in [0.29, 0.717) is 44.6 Å². The number of amides is 1. The van der Waals surface area contributed by atoms with Gasteiger partial charge in [0.05, 0.1) is 31.8 Å². The first-order valence-corrected chi connectivity index (χ1v) is 13.6. The first kappa shape index (κ1) is 27.0. The maximum absolute atomic E-state index is 15.5. The largest absolute Gasteiger partial charge is 0.378 e. The van der Waals surface area contributed by atoms with Crippen molar-refractivity contribution in [1.29, 1.82) is 0 Å². The molecular formula is C25H42FN7O3. The van der Waals surface area contributed by atoms with Crippen LogP contribution in [0.1, 0.15) is 57.7 Å². The highest BCUT2D eigenvalue weighted by molar-refractivity contribution is 5.80. The molecule has 3 fully saturated rings. The van der Waals surface area contributed by atoms with Crippen molar-refractivity contribution in [2.75, 3.05) is 62.9 Å². The van der Waals surface area contributed by atoms with Crippen LogP contribution in [0.4, 0.5) is 16.0 Å². The minimum atomic E-state index is -0.556. The number of aryl methyl sites for hydroxylation is 1. The number of morpholine rings is 1. The second kappa shape index (κ2) is 13.5. The lowest BCUT2D eigenvalue weighted by Gasteiger charge is -2.44. The van der Waals surface area contributed by atoms with Crippen molar-refractivity contribution in [2.24, 2.45) is 11.8 Å². The molecule has 2 saturated heterocycles. The van der Waals surface area contributed by atoms with E-state index in [2.05, 4.69) is 38.1 Å². The molecule has 2 aliphatic heterocycles. The SMILES string of the molecule is CCCCONC[C@@H](CC1CCCC1)C(=O)NNc1nc(C)nc(N2CCN3CCOC[C@@H]3C2)c1F. The van der Waals surface area contributed by atoms with E-state index in [4.69, 9.17) is 9.57 Å². The van der Waals surface area contributed by atoms with Crippen LogP contribution in [0.2, 0.25) is 0 Å². The van der Waals surface area contributed by atoms with Crippen LogP contribution in [0.3, 0.4) is 0 Å². The van der Waals surface area contributed by atoms with E-state index in [1.807, 2.05) is 4.90 Å². The number of carbonyl (C=O) groups excluding carboxylic acids is 1. The molecule has 4 rings (SSSR count). The summed E-state index contributed by atoms with van der Waals surface area (Å²) < 4.78 is 21.1. The topological polar surface area (TPSA) is 104 Å². The fourth-order valence-electron chi connectivity index (χ4n) is 5.38. The Morgan fingerprint density at radius 1 is 1.25 bits per heavy atom. The molecule has 202 valence electrons. The standard InChI is InChI=1S/C25H42FN7O3/c1-3-4-12-36-27-15-20(14-19-7-5-6-8-19)25(34)31-30-23-22(26)24(29-18(2)28-23)33-10-9-32-11-13-35-17-21(32)16-33/h19-21,27H,3-17H2,1-2H3,(H,31,34)(H,28,29,30)/t20-,21+/m1/s1. The van der Waals surface area contributed by atoms with Crippen molar-refractivity contribution >= 4 is 17.5 Å². The third-order valence-corrected chi connectivity index (χ3v) is 7.48. The number of anilines is 2. The molecule has 1 amide bonds. The molecule has 1 aromatic heterocycles. The van der Waals surface area contributed by atoms with Crippen LogP contribution in [0, 0.1) is 24.6 Å². The number of hydrogen-bond donors (Lipinski definition) is 3. The van der Waals surface area contributed by atoms with Crippen LogP contribution in [0.15, 0.2) is 0 Å². The van der Waals surface area contributed by atoms with Crippen LogP contribution in [-0.2, 0) is 14.4 Å². The maximum atomic E-state index is 15.5. The van der Waals surface area contributed by atoms with Gasteiger partial charge in [-0.15, -0.1) is 0 Å². The van der Waals surface area contributed by atoms with Gasteiger partial charge in [-0.3, -0.25) is 20.5 Å². The summed E-state index contributed by atoms with van der Waals surface area (Å²) in [5.41, 5.74) is 8.42. The zero-order valence-electron chi connectivity index (χ0n) is 21.7. The minimum absolute atomic E-state index is 0.0139. The number of fused-ring (bicyclic) bond motifs is 1. The molecule has 11 heteroatoms.